The molecule has 0 unspecified atom stereocenters. The maximum Gasteiger partial charge on any atom is 4.00 e. The SMILES string of the molecule is Cc1ccc[c-]1C.[F-].[F-].[Hf+4].c1ccc2[cH-]c(-n3c4c(c5ccccc53)CCCC4)cc2c1. The van der Waals surface area contributed by atoms with Gasteiger partial charge in [-0.3, -0.25) is 0 Å². The first-order valence-corrected chi connectivity index (χ1v) is 10.7. The van der Waals surface area contributed by atoms with Gasteiger partial charge in [0.2, 0.25) is 0 Å². The first-order valence-electron chi connectivity index (χ1n) is 10.7. The second-order valence-corrected chi connectivity index (χ2v) is 8.22. The van der Waals surface area contributed by atoms with Crippen molar-refractivity contribution in [1.29, 1.82) is 0 Å². The molecule has 162 valence electrons. The predicted molar refractivity (Wildman–Crippen MR) is 125 cm³/mol. The second-order valence-electron chi connectivity index (χ2n) is 8.22. The summed E-state index contributed by atoms with van der Waals surface area (Å²) in [4.78, 5) is 0. The van der Waals surface area contributed by atoms with Crippen molar-refractivity contribution in [3.63, 3.8) is 0 Å². The molecule has 0 aliphatic heterocycles. The molecule has 6 rings (SSSR count). The third-order valence-electron chi connectivity index (χ3n) is 6.35. The third kappa shape index (κ3) is 4.71. The largest absolute Gasteiger partial charge is 4.00 e. The van der Waals surface area contributed by atoms with E-state index in [0.29, 0.717) is 0 Å². The molecule has 4 aromatic carbocycles. The summed E-state index contributed by atoms with van der Waals surface area (Å²) in [5.41, 5.74) is 8.57. The van der Waals surface area contributed by atoms with Crippen LogP contribution < -0.4 is 9.41 Å². The summed E-state index contributed by atoms with van der Waals surface area (Å²) in [6.45, 7) is 4.24. The zero-order valence-corrected chi connectivity index (χ0v) is 22.1. The molecule has 0 saturated heterocycles. The number of aryl methyl sites for hydroxylation is 3. The Labute approximate surface area is 207 Å². The molecule has 32 heavy (non-hydrogen) atoms. The van der Waals surface area contributed by atoms with Crippen molar-refractivity contribution in [1.82, 2.24) is 4.57 Å². The summed E-state index contributed by atoms with van der Waals surface area (Å²) < 4.78 is 2.50. The van der Waals surface area contributed by atoms with Crippen molar-refractivity contribution in [2.24, 2.45) is 0 Å². The van der Waals surface area contributed by atoms with Crippen LogP contribution in [0.25, 0.3) is 27.4 Å². The van der Waals surface area contributed by atoms with Gasteiger partial charge >= 0.3 is 25.8 Å². The number of aromatic nitrogens is 1. The van der Waals surface area contributed by atoms with Gasteiger partial charge in [-0.2, -0.15) is 17.2 Å². The van der Waals surface area contributed by atoms with Crippen molar-refractivity contribution < 1.29 is 35.3 Å². The minimum atomic E-state index is 0. The van der Waals surface area contributed by atoms with E-state index in [1.165, 1.54) is 69.9 Å². The number of nitrogens with zero attached hydrogens (tertiary/aromatic N) is 1. The fourth-order valence-electron chi connectivity index (χ4n) is 4.65. The van der Waals surface area contributed by atoms with Crippen LogP contribution in [-0.4, -0.2) is 4.57 Å². The molecule has 0 spiro atoms. The molecule has 0 atom stereocenters. The van der Waals surface area contributed by atoms with Gasteiger partial charge < -0.3 is 14.0 Å². The van der Waals surface area contributed by atoms with Crippen LogP contribution in [0, 0.1) is 13.8 Å². The van der Waals surface area contributed by atoms with Gasteiger partial charge in [0.15, 0.2) is 0 Å². The Bertz CT molecular complexity index is 1240. The van der Waals surface area contributed by atoms with Gasteiger partial charge in [-0.1, -0.05) is 38.1 Å². The van der Waals surface area contributed by atoms with E-state index in [1.807, 2.05) is 0 Å². The number of rotatable bonds is 1. The van der Waals surface area contributed by atoms with Gasteiger partial charge in [0.1, 0.15) is 0 Å². The average molecular weight is 594 g/mol. The van der Waals surface area contributed by atoms with Crippen molar-refractivity contribution in [2.75, 3.05) is 0 Å². The van der Waals surface area contributed by atoms with E-state index in [-0.39, 0.29) is 35.3 Å². The van der Waals surface area contributed by atoms with Gasteiger partial charge in [-0.05, 0) is 43.0 Å². The third-order valence-corrected chi connectivity index (χ3v) is 6.35. The average Bonchev–Trinajstić information content (AvgIpc) is 3.43. The fraction of sp³-hybridized carbons (Fsp3) is 0.214. The quantitative estimate of drug-likeness (QED) is 0.205. The van der Waals surface area contributed by atoms with Gasteiger partial charge in [0.25, 0.3) is 0 Å². The number of halogens is 2. The van der Waals surface area contributed by atoms with Crippen LogP contribution in [0.5, 0.6) is 0 Å². The minimum Gasteiger partial charge on any atom is -1.00 e. The molecule has 0 amide bonds. The topological polar surface area (TPSA) is 4.93 Å². The number of fused-ring (bicyclic) bond motifs is 4. The summed E-state index contributed by atoms with van der Waals surface area (Å²) in [7, 11) is 0. The standard InChI is InChI=1S/C21H18N.C7H9.2FH.Hf/c1-2-8-16-14-17(13-15(16)7-1)22-20-11-5-3-9-18(20)19-10-4-6-12-21(19)22;1-6-4-3-5-7(6)2;;;/h1-3,5,7-9,11,13-14H,4,6,10,12H2;3-5H,1-2H3;2*1H;/q2*-1;;;+4/p-2. The molecule has 1 aromatic heterocycles. The Morgan fingerprint density at radius 3 is 2.28 bits per heavy atom. The van der Waals surface area contributed by atoms with Crippen LogP contribution in [0.3, 0.4) is 0 Å². The Kier molecular flexibility index (Phi) is 8.91. The number of hydrogen-bond donors (Lipinski definition) is 0. The monoisotopic (exact) mass is 595 g/mol. The van der Waals surface area contributed by atoms with Crippen LogP contribution in [0.15, 0.2) is 78.9 Å². The molecule has 1 heterocycles. The molecule has 0 fully saturated rings. The summed E-state index contributed by atoms with van der Waals surface area (Å²) >= 11 is 0. The Balaban J connectivity index is 0.000000317. The maximum absolute atomic E-state index is 2.50. The van der Waals surface area contributed by atoms with Crippen molar-refractivity contribution in [2.45, 2.75) is 39.5 Å². The molecule has 1 nitrogen and oxygen atoms in total. The summed E-state index contributed by atoms with van der Waals surface area (Å²) in [5.74, 6) is 0. The molecular formula is C28H27F2HfN. The minimum absolute atomic E-state index is 0. The summed E-state index contributed by atoms with van der Waals surface area (Å²) in [6.07, 6.45) is 5.06. The normalized spacial score (nSPS) is 12.1. The van der Waals surface area contributed by atoms with Crippen LogP contribution in [-0.2, 0) is 38.7 Å². The van der Waals surface area contributed by atoms with Crippen LogP contribution in [0.4, 0.5) is 0 Å². The maximum atomic E-state index is 2.50. The van der Waals surface area contributed by atoms with Gasteiger partial charge in [0, 0.05) is 11.1 Å². The van der Waals surface area contributed by atoms with Crippen molar-refractivity contribution in [3.05, 3.63) is 101 Å². The van der Waals surface area contributed by atoms with Gasteiger partial charge in [0.05, 0.1) is 5.52 Å². The summed E-state index contributed by atoms with van der Waals surface area (Å²) in [5, 5.41) is 4.11. The van der Waals surface area contributed by atoms with E-state index in [2.05, 4.69) is 97.3 Å². The van der Waals surface area contributed by atoms with Crippen LogP contribution >= 0.6 is 0 Å². The Morgan fingerprint density at radius 2 is 1.59 bits per heavy atom. The van der Waals surface area contributed by atoms with E-state index in [0.717, 1.165) is 0 Å². The molecule has 4 heteroatoms. The van der Waals surface area contributed by atoms with Gasteiger partial charge in [-0.25, -0.2) is 12.1 Å². The van der Waals surface area contributed by atoms with E-state index in [9.17, 15) is 0 Å². The van der Waals surface area contributed by atoms with E-state index in [4.69, 9.17) is 0 Å². The van der Waals surface area contributed by atoms with Crippen molar-refractivity contribution >= 4 is 21.7 Å². The van der Waals surface area contributed by atoms with Crippen LogP contribution in [0.2, 0.25) is 0 Å². The Morgan fingerprint density at radius 1 is 0.875 bits per heavy atom. The number of hydrogen-bond acceptors (Lipinski definition) is 0. The van der Waals surface area contributed by atoms with E-state index in [1.54, 1.807) is 5.56 Å². The Hall–Kier alpha value is -2.33. The molecule has 1 aliphatic rings. The number of benzene rings is 2. The predicted octanol–water partition coefficient (Wildman–Crippen LogP) is 1.41. The molecule has 0 N–H and O–H groups in total. The molecule has 5 aromatic rings. The van der Waals surface area contributed by atoms with E-state index < -0.39 is 0 Å². The zero-order chi connectivity index (χ0) is 19.8. The molecular weight excluding hydrogens is 567 g/mol. The molecule has 1 aliphatic carbocycles. The smallest absolute Gasteiger partial charge is 1.00 e. The van der Waals surface area contributed by atoms with E-state index >= 15 is 0 Å². The fourth-order valence-corrected chi connectivity index (χ4v) is 4.65. The zero-order valence-electron chi connectivity index (χ0n) is 18.5. The molecule has 0 bridgehead atoms. The van der Waals surface area contributed by atoms with Gasteiger partial charge in [-0.15, -0.1) is 41.1 Å². The first kappa shape index (κ1) is 25.9. The van der Waals surface area contributed by atoms with Crippen molar-refractivity contribution in [3.8, 4) is 5.69 Å². The number of para-hydroxylation sites is 1. The molecule has 0 radical (unpaired) electrons. The first-order chi connectivity index (χ1) is 14.2. The summed E-state index contributed by atoms with van der Waals surface area (Å²) in [6, 6.07) is 28.5. The van der Waals surface area contributed by atoms with Crippen LogP contribution in [0.1, 0.15) is 35.2 Å². The molecule has 0 saturated carbocycles. The second kappa shape index (κ2) is 11.0.